The third kappa shape index (κ3) is 5.65. The van der Waals surface area contributed by atoms with Gasteiger partial charge in [0.25, 0.3) is 5.91 Å². The van der Waals surface area contributed by atoms with Crippen LogP contribution in [-0.2, 0) is 14.8 Å². The summed E-state index contributed by atoms with van der Waals surface area (Å²) in [5.41, 5.74) is 1.89. The molecule has 3 rings (SSSR count). The van der Waals surface area contributed by atoms with Crippen molar-refractivity contribution in [3.63, 3.8) is 0 Å². The average Bonchev–Trinajstić information content (AvgIpc) is 3.47. The van der Waals surface area contributed by atoms with Crippen LogP contribution in [0.3, 0.4) is 0 Å². The zero-order valence-electron chi connectivity index (χ0n) is 16.1. The molecule has 1 aliphatic carbocycles. The molecule has 0 atom stereocenters. The van der Waals surface area contributed by atoms with Gasteiger partial charge < -0.3 is 10.2 Å². The van der Waals surface area contributed by atoms with Gasteiger partial charge in [-0.05, 0) is 67.8 Å². The van der Waals surface area contributed by atoms with Crippen molar-refractivity contribution in [1.29, 1.82) is 0 Å². The Bertz CT molecular complexity index is 1030. The van der Waals surface area contributed by atoms with Gasteiger partial charge >= 0.3 is 0 Å². The molecular formula is C20H22BrN3O4S. The number of carbonyl (C=O) groups is 2. The molecule has 7 nitrogen and oxygen atoms in total. The summed E-state index contributed by atoms with van der Waals surface area (Å²) in [4.78, 5) is 26.3. The van der Waals surface area contributed by atoms with Crippen molar-refractivity contribution >= 4 is 43.5 Å². The van der Waals surface area contributed by atoms with Crippen LogP contribution in [0, 0.1) is 6.92 Å². The van der Waals surface area contributed by atoms with E-state index in [0.717, 1.165) is 22.9 Å². The highest BCUT2D eigenvalue weighted by molar-refractivity contribution is 9.10. The van der Waals surface area contributed by atoms with E-state index < -0.39 is 10.0 Å². The van der Waals surface area contributed by atoms with E-state index in [9.17, 15) is 18.0 Å². The van der Waals surface area contributed by atoms with Crippen LogP contribution in [0.2, 0.25) is 0 Å². The Morgan fingerprint density at radius 1 is 1.14 bits per heavy atom. The summed E-state index contributed by atoms with van der Waals surface area (Å²) >= 11 is 3.37. The van der Waals surface area contributed by atoms with Crippen molar-refractivity contribution in [3.8, 4) is 0 Å². The summed E-state index contributed by atoms with van der Waals surface area (Å²) < 4.78 is 27.9. The maximum absolute atomic E-state index is 12.6. The molecule has 0 radical (unpaired) electrons. The van der Waals surface area contributed by atoms with E-state index in [1.807, 2.05) is 19.1 Å². The number of hydrogen-bond donors (Lipinski definition) is 2. The first-order chi connectivity index (χ1) is 13.7. The van der Waals surface area contributed by atoms with Gasteiger partial charge in [0, 0.05) is 28.8 Å². The van der Waals surface area contributed by atoms with E-state index in [1.54, 1.807) is 6.07 Å². The van der Waals surface area contributed by atoms with Gasteiger partial charge in [-0.2, -0.15) is 0 Å². The first kappa shape index (κ1) is 21.5. The van der Waals surface area contributed by atoms with Gasteiger partial charge in [-0.3, -0.25) is 9.59 Å². The number of anilines is 1. The zero-order valence-corrected chi connectivity index (χ0v) is 18.5. The number of halogens is 1. The molecule has 0 spiro atoms. The third-order valence-electron chi connectivity index (χ3n) is 4.50. The van der Waals surface area contributed by atoms with Crippen LogP contribution in [0.1, 0.15) is 28.8 Å². The molecule has 2 aromatic carbocycles. The normalized spacial score (nSPS) is 13.8. The summed E-state index contributed by atoms with van der Waals surface area (Å²) in [6, 6.07) is 11.2. The van der Waals surface area contributed by atoms with Gasteiger partial charge in [0.15, 0.2) is 0 Å². The van der Waals surface area contributed by atoms with Crippen molar-refractivity contribution in [2.75, 3.05) is 18.9 Å². The molecule has 0 heterocycles. The Morgan fingerprint density at radius 2 is 1.79 bits per heavy atom. The average molecular weight is 480 g/mol. The van der Waals surface area contributed by atoms with Crippen LogP contribution >= 0.6 is 15.9 Å². The lowest BCUT2D eigenvalue weighted by Crippen LogP contribution is -2.35. The quantitative estimate of drug-likeness (QED) is 0.637. The number of amides is 2. The number of hydrogen-bond acceptors (Lipinski definition) is 4. The molecule has 29 heavy (non-hydrogen) atoms. The minimum Gasteiger partial charge on any atom is -0.332 e. The SMILES string of the molecule is Cc1cc(Br)ccc1NC(=O)CN(C)C(=O)c1ccc(S(=O)(=O)NC2CC2)cc1. The van der Waals surface area contributed by atoms with Crippen molar-refractivity contribution in [1.82, 2.24) is 9.62 Å². The van der Waals surface area contributed by atoms with Gasteiger partial charge in [-0.1, -0.05) is 15.9 Å². The highest BCUT2D eigenvalue weighted by Gasteiger charge is 2.28. The molecule has 0 aromatic heterocycles. The number of aryl methyl sites for hydroxylation is 1. The van der Waals surface area contributed by atoms with Gasteiger partial charge in [0.1, 0.15) is 0 Å². The van der Waals surface area contributed by atoms with E-state index >= 15 is 0 Å². The molecular weight excluding hydrogens is 458 g/mol. The fourth-order valence-corrected chi connectivity index (χ4v) is 4.51. The Morgan fingerprint density at radius 3 is 2.38 bits per heavy atom. The highest BCUT2D eigenvalue weighted by atomic mass is 79.9. The molecule has 1 saturated carbocycles. The summed E-state index contributed by atoms with van der Waals surface area (Å²) in [6.45, 7) is 1.75. The number of benzene rings is 2. The Hall–Kier alpha value is -2.23. The number of nitrogens with one attached hydrogen (secondary N) is 2. The molecule has 1 aliphatic rings. The second-order valence-corrected chi connectivity index (χ2v) is 9.72. The third-order valence-corrected chi connectivity index (χ3v) is 6.53. The topological polar surface area (TPSA) is 95.6 Å². The predicted octanol–water partition coefficient (Wildman–Crippen LogP) is 2.91. The number of nitrogens with zero attached hydrogens (tertiary/aromatic N) is 1. The molecule has 2 aromatic rings. The summed E-state index contributed by atoms with van der Waals surface area (Å²) in [6.07, 6.45) is 1.70. The molecule has 2 N–H and O–H groups in total. The van der Waals surface area contributed by atoms with Gasteiger partial charge in [-0.25, -0.2) is 13.1 Å². The van der Waals surface area contributed by atoms with Crippen LogP contribution in [0.15, 0.2) is 51.8 Å². The van der Waals surface area contributed by atoms with Crippen molar-refractivity contribution in [2.45, 2.75) is 30.7 Å². The molecule has 0 bridgehead atoms. The second kappa shape index (κ2) is 8.64. The number of rotatable bonds is 7. The lowest BCUT2D eigenvalue weighted by atomic mass is 10.2. The Kier molecular flexibility index (Phi) is 6.40. The molecule has 2 amide bonds. The van der Waals surface area contributed by atoms with E-state index in [0.29, 0.717) is 11.3 Å². The molecule has 0 aliphatic heterocycles. The fourth-order valence-electron chi connectivity index (χ4n) is 2.73. The first-order valence-corrected chi connectivity index (χ1v) is 11.4. The number of likely N-dealkylation sites (N-methyl/N-ethyl adjacent to an activating group) is 1. The monoisotopic (exact) mass is 479 g/mol. The highest BCUT2D eigenvalue weighted by Crippen LogP contribution is 2.22. The molecule has 1 fully saturated rings. The zero-order chi connectivity index (χ0) is 21.2. The van der Waals surface area contributed by atoms with E-state index in [4.69, 9.17) is 0 Å². The maximum atomic E-state index is 12.6. The van der Waals surface area contributed by atoms with E-state index in [1.165, 1.54) is 36.2 Å². The fraction of sp³-hybridized carbons (Fsp3) is 0.300. The second-order valence-electron chi connectivity index (χ2n) is 7.09. The van der Waals surface area contributed by atoms with Crippen molar-refractivity contribution in [2.24, 2.45) is 0 Å². The maximum Gasteiger partial charge on any atom is 0.254 e. The standard InChI is InChI=1S/C20H22BrN3O4S/c1-13-11-15(21)5-10-18(13)22-19(25)12-24(2)20(26)14-3-8-17(9-4-14)29(27,28)23-16-6-7-16/h3-5,8-11,16,23H,6-7,12H2,1-2H3,(H,22,25). The van der Waals surface area contributed by atoms with Crippen molar-refractivity contribution < 1.29 is 18.0 Å². The Labute approximate surface area is 178 Å². The molecule has 0 unspecified atom stereocenters. The van der Waals surface area contributed by atoms with E-state index in [2.05, 4.69) is 26.0 Å². The largest absolute Gasteiger partial charge is 0.332 e. The number of carbonyl (C=O) groups excluding carboxylic acids is 2. The van der Waals surface area contributed by atoms with Gasteiger partial charge in [-0.15, -0.1) is 0 Å². The lowest BCUT2D eigenvalue weighted by Gasteiger charge is -2.18. The predicted molar refractivity (Wildman–Crippen MR) is 114 cm³/mol. The smallest absolute Gasteiger partial charge is 0.254 e. The molecule has 154 valence electrons. The van der Waals surface area contributed by atoms with Gasteiger partial charge in [0.2, 0.25) is 15.9 Å². The Balaban J connectivity index is 1.61. The van der Waals surface area contributed by atoms with Crippen molar-refractivity contribution in [3.05, 3.63) is 58.1 Å². The van der Waals surface area contributed by atoms with Crippen LogP contribution in [0.5, 0.6) is 0 Å². The minimum absolute atomic E-state index is 0.0142. The van der Waals surface area contributed by atoms with Crippen LogP contribution in [0.4, 0.5) is 5.69 Å². The van der Waals surface area contributed by atoms with E-state index in [-0.39, 0.29) is 29.3 Å². The van der Waals surface area contributed by atoms with Gasteiger partial charge in [0.05, 0.1) is 11.4 Å². The number of sulfonamides is 1. The molecule has 0 saturated heterocycles. The van der Waals surface area contributed by atoms with Crippen LogP contribution < -0.4 is 10.0 Å². The van der Waals surface area contributed by atoms with Crippen LogP contribution in [-0.4, -0.2) is 44.8 Å². The summed E-state index contributed by atoms with van der Waals surface area (Å²) in [5, 5.41) is 2.79. The summed E-state index contributed by atoms with van der Waals surface area (Å²) in [5.74, 6) is -0.689. The summed E-state index contributed by atoms with van der Waals surface area (Å²) in [7, 11) is -2.04. The first-order valence-electron chi connectivity index (χ1n) is 9.09. The molecule has 9 heteroatoms. The lowest BCUT2D eigenvalue weighted by molar-refractivity contribution is -0.116. The minimum atomic E-state index is -3.56. The van der Waals surface area contributed by atoms with Crippen LogP contribution in [0.25, 0.3) is 0 Å².